The van der Waals surface area contributed by atoms with Crippen LogP contribution >= 0.6 is 34.7 Å². The number of nitrogens with zero attached hydrogens (tertiary/aromatic N) is 4. The Balaban J connectivity index is 1.30. The molecule has 50 heavy (non-hydrogen) atoms. The molecule has 17 nitrogen and oxygen atoms in total. The lowest BCUT2D eigenvalue weighted by atomic mass is 10.0. The van der Waals surface area contributed by atoms with Crippen molar-refractivity contribution in [2.45, 2.75) is 50.1 Å². The molecule has 3 aliphatic rings. The van der Waals surface area contributed by atoms with E-state index in [1.54, 1.807) is 0 Å². The van der Waals surface area contributed by atoms with Gasteiger partial charge in [-0.3, -0.25) is 19.3 Å². The summed E-state index contributed by atoms with van der Waals surface area (Å²) in [5, 5.41) is 50.8. The first-order valence-electron chi connectivity index (χ1n) is 15.3. The van der Waals surface area contributed by atoms with Crippen LogP contribution in [0.3, 0.4) is 0 Å². The number of thiazole rings is 1. The number of carbonyl (C=O) groups is 5. The zero-order valence-electron chi connectivity index (χ0n) is 26.8. The zero-order valence-corrected chi connectivity index (χ0v) is 29.2. The van der Waals surface area contributed by atoms with Gasteiger partial charge in [0.2, 0.25) is 11.5 Å². The van der Waals surface area contributed by atoms with Crippen LogP contribution in [0.1, 0.15) is 38.8 Å². The van der Waals surface area contributed by atoms with Gasteiger partial charge in [-0.2, -0.15) is 0 Å². The summed E-state index contributed by atoms with van der Waals surface area (Å²) in [6.07, 6.45) is 1.74. The van der Waals surface area contributed by atoms with Gasteiger partial charge in [0.05, 0.1) is 43.4 Å². The highest BCUT2D eigenvalue weighted by molar-refractivity contribution is 8.00. The highest BCUT2D eigenvalue weighted by atomic mass is 35.5. The predicted molar refractivity (Wildman–Crippen MR) is 180 cm³/mol. The average molecular weight is 752 g/mol. The first kappa shape index (κ1) is 36.7. The van der Waals surface area contributed by atoms with Crippen molar-refractivity contribution < 1.29 is 53.7 Å². The van der Waals surface area contributed by atoms with Crippen molar-refractivity contribution in [2.75, 3.05) is 43.0 Å². The number of anilines is 2. The quantitative estimate of drug-likeness (QED) is 0.0406. The van der Waals surface area contributed by atoms with Crippen LogP contribution in [0, 0.1) is 0 Å². The molecule has 0 spiro atoms. The lowest BCUT2D eigenvalue weighted by Crippen LogP contribution is -2.72. The van der Waals surface area contributed by atoms with Gasteiger partial charge in [-0.05, 0) is 26.0 Å². The molecule has 2 fully saturated rings. The van der Waals surface area contributed by atoms with E-state index in [9.17, 15) is 44.4 Å². The second-order valence-corrected chi connectivity index (χ2v) is 14.9. The molecule has 0 unspecified atom stereocenters. The first-order valence-corrected chi connectivity index (χ1v) is 17.6. The van der Waals surface area contributed by atoms with E-state index in [2.05, 4.69) is 20.8 Å². The number of likely N-dealkylation sites (tertiary alicyclic amines) is 1. The molecular formula is C30H34ClN7O10S2. The summed E-state index contributed by atoms with van der Waals surface area (Å²) in [5.74, 6) is -5.69. The minimum Gasteiger partial charge on any atom is -0.543 e. The molecule has 1 aromatic heterocycles. The van der Waals surface area contributed by atoms with Crippen molar-refractivity contribution in [3.05, 3.63) is 39.5 Å². The van der Waals surface area contributed by atoms with Crippen molar-refractivity contribution in [1.29, 1.82) is 0 Å². The molecule has 3 amide bonds. The number of amides is 3. The Morgan fingerprint density at radius 1 is 1.24 bits per heavy atom. The molecule has 5 rings (SSSR count). The number of rotatable bonds is 13. The van der Waals surface area contributed by atoms with E-state index in [4.69, 9.17) is 22.2 Å². The molecule has 2 saturated heterocycles. The number of carboxylic acids is 2. The van der Waals surface area contributed by atoms with E-state index in [1.165, 1.54) is 43.1 Å². The van der Waals surface area contributed by atoms with Crippen LogP contribution in [0.2, 0.25) is 5.02 Å². The Morgan fingerprint density at radius 2 is 1.94 bits per heavy atom. The van der Waals surface area contributed by atoms with Crippen molar-refractivity contribution in [2.24, 2.45) is 5.16 Å². The molecule has 0 saturated carbocycles. The third kappa shape index (κ3) is 7.44. The maximum absolute atomic E-state index is 13.4. The summed E-state index contributed by atoms with van der Waals surface area (Å²) in [6.45, 7) is 4.39. The van der Waals surface area contributed by atoms with Crippen LogP contribution < -0.4 is 21.5 Å². The molecule has 0 aliphatic carbocycles. The topological polar surface area (TPSA) is 257 Å². The molecule has 3 aliphatic heterocycles. The molecule has 2 aromatic rings. The number of aromatic hydroxyl groups is 2. The lowest BCUT2D eigenvalue weighted by molar-refractivity contribution is -0.911. The Kier molecular flexibility index (Phi) is 10.5. The molecule has 268 valence electrons. The van der Waals surface area contributed by atoms with E-state index < -0.39 is 63.9 Å². The largest absolute Gasteiger partial charge is 0.543 e. The minimum atomic E-state index is -1.80. The summed E-state index contributed by atoms with van der Waals surface area (Å²) in [5.41, 5.74) is 3.78. The number of quaternary nitrogens is 1. The Labute approximate surface area is 298 Å². The van der Waals surface area contributed by atoms with Crippen molar-refractivity contribution in [3.63, 3.8) is 0 Å². The van der Waals surface area contributed by atoms with Crippen LogP contribution in [-0.4, -0.2) is 114 Å². The van der Waals surface area contributed by atoms with Crippen molar-refractivity contribution in [1.82, 2.24) is 15.2 Å². The molecule has 2 atom stereocenters. The van der Waals surface area contributed by atoms with Gasteiger partial charge < -0.3 is 50.9 Å². The normalized spacial score (nSPS) is 20.2. The number of nitrogens with one attached hydrogen (secondary N) is 2. The van der Waals surface area contributed by atoms with Gasteiger partial charge in [-0.15, -0.1) is 23.1 Å². The maximum atomic E-state index is 13.4. The molecule has 0 bridgehead atoms. The van der Waals surface area contributed by atoms with Gasteiger partial charge in [0.15, 0.2) is 22.3 Å². The van der Waals surface area contributed by atoms with E-state index in [1.807, 2.05) is 0 Å². The fourth-order valence-electron chi connectivity index (χ4n) is 5.88. The van der Waals surface area contributed by atoms with Gasteiger partial charge in [-0.25, -0.2) is 9.78 Å². The monoisotopic (exact) mass is 751 g/mol. The molecule has 20 heteroatoms. The number of nitrogen functional groups attached to an aromatic ring is 1. The molecular weight excluding hydrogens is 718 g/mol. The third-order valence-electron chi connectivity index (χ3n) is 8.61. The predicted octanol–water partition coefficient (Wildman–Crippen LogP) is 0.417. The maximum Gasteiger partial charge on any atom is 0.350 e. The van der Waals surface area contributed by atoms with Gasteiger partial charge in [0, 0.05) is 29.5 Å². The van der Waals surface area contributed by atoms with Gasteiger partial charge in [0.25, 0.3) is 11.8 Å². The Bertz CT molecular complexity index is 1810. The molecule has 7 N–H and O–H groups in total. The molecule has 4 heterocycles. The average Bonchev–Trinajstić information content (AvgIpc) is 3.71. The van der Waals surface area contributed by atoms with Gasteiger partial charge in [-0.1, -0.05) is 16.8 Å². The Morgan fingerprint density at radius 3 is 2.56 bits per heavy atom. The lowest BCUT2D eigenvalue weighted by Gasteiger charge is -2.51. The number of fused-ring (bicyclic) bond motifs is 1. The van der Waals surface area contributed by atoms with Crippen molar-refractivity contribution >= 4 is 80.9 Å². The summed E-state index contributed by atoms with van der Waals surface area (Å²) in [6, 6.07) is 1.40. The van der Waals surface area contributed by atoms with Gasteiger partial charge >= 0.3 is 5.97 Å². The van der Waals surface area contributed by atoms with Crippen molar-refractivity contribution in [3.8, 4) is 11.5 Å². The van der Waals surface area contributed by atoms with E-state index in [0.29, 0.717) is 29.7 Å². The van der Waals surface area contributed by atoms with Gasteiger partial charge in [0.1, 0.15) is 28.7 Å². The number of carboxylic acid groups (broad SMARTS) is 2. The SMILES string of the molecule is CC(C)(O/N=C(\C(=O)N[C@@H]1C(=O)N2C(C(=O)[O-])=C(C[N+]3(CCC(=O)Nc4ccc(O)c(O)c4Cl)CCCC3)CS[C@H]12)c1csc(N)n1)C(=O)O. The number of aliphatic carboxylic acids is 2. The molecule has 0 radical (unpaired) electrons. The number of nitrogens with two attached hydrogens (primary N) is 1. The minimum absolute atomic E-state index is 0.0126. The zero-order chi connectivity index (χ0) is 36.5. The number of aromatic nitrogens is 1. The highest BCUT2D eigenvalue weighted by Gasteiger charge is 2.54. The summed E-state index contributed by atoms with van der Waals surface area (Å²) < 4.78 is 0.394. The van der Waals surface area contributed by atoms with E-state index in [-0.39, 0.29) is 46.0 Å². The van der Waals surface area contributed by atoms with Crippen LogP contribution in [0.15, 0.2) is 33.9 Å². The molecule has 1 aromatic carbocycles. The Hall–Kier alpha value is -4.59. The second kappa shape index (κ2) is 14.3. The number of oxime groups is 1. The number of hydrogen-bond acceptors (Lipinski definition) is 14. The first-order chi connectivity index (χ1) is 23.5. The fourth-order valence-corrected chi connectivity index (χ4v) is 7.97. The number of halogens is 1. The van der Waals surface area contributed by atoms with E-state index in [0.717, 1.165) is 29.1 Å². The summed E-state index contributed by atoms with van der Waals surface area (Å²) >= 11 is 8.30. The van der Waals surface area contributed by atoms with Crippen LogP contribution in [0.4, 0.5) is 10.8 Å². The second-order valence-electron chi connectivity index (χ2n) is 12.5. The fraction of sp³-hybridized carbons (Fsp3) is 0.433. The standard InChI is InChI=1S/C30H34ClN7O10S2/c1-30(2,28(46)47)48-36-20(16-13-50-29(32)34-16)24(42)35-21-25(43)37-22(27(44)45)14(12-49-26(21)37)11-38(8-3-4-9-38)10-7-18(40)33-15-5-6-17(39)23(41)19(15)31/h5-6,13,21,26H,3-4,7-12H2,1-2H3,(H7-,32,33,34,35,36,39,40,41,42,44,45,46,47)/t21-,26-/m1/s1. The number of phenols is 2. The number of thioether (sulfide) groups is 1. The number of β-lactam (4-membered cyclic amide) rings is 1. The number of phenolic OH excluding ortho intramolecular Hbond substituents is 2. The van der Waals surface area contributed by atoms with E-state index >= 15 is 0 Å². The van der Waals surface area contributed by atoms with Crippen LogP contribution in [0.25, 0.3) is 0 Å². The number of benzene rings is 1. The summed E-state index contributed by atoms with van der Waals surface area (Å²) in [4.78, 5) is 73.9. The smallest absolute Gasteiger partial charge is 0.350 e. The third-order valence-corrected chi connectivity index (χ3v) is 11.0. The van der Waals surface area contributed by atoms with Crippen LogP contribution in [0.5, 0.6) is 11.5 Å². The summed E-state index contributed by atoms with van der Waals surface area (Å²) in [7, 11) is 0. The number of hydrogen-bond donors (Lipinski definition) is 6. The number of carbonyl (C=O) groups excluding carboxylic acids is 4. The highest BCUT2D eigenvalue weighted by Crippen LogP contribution is 2.42. The van der Waals surface area contributed by atoms with Crippen LogP contribution in [-0.2, 0) is 28.8 Å².